The van der Waals surface area contributed by atoms with E-state index in [4.69, 9.17) is 16.3 Å². The molecule has 2 aromatic carbocycles. The molecule has 4 rings (SSSR count). The first-order valence-corrected chi connectivity index (χ1v) is 9.97. The van der Waals surface area contributed by atoms with Crippen LogP contribution in [-0.4, -0.2) is 24.1 Å². The fourth-order valence-electron chi connectivity index (χ4n) is 4.75. The molecule has 0 radical (unpaired) electrons. The van der Waals surface area contributed by atoms with Crippen molar-refractivity contribution in [1.29, 1.82) is 0 Å². The standard InChI is InChI=1S/C23H21ClO4/c24-18-10-8-14(9-11-18)19(25)13-28-23(27)21-17-7-6-16(12-17)20(21)22(26)15-4-2-1-3-5-15/h1-5,8-11,16-17,20-21H,6-7,12-13H2/t16-,17-,20+,21+/m0/s1. The zero-order valence-electron chi connectivity index (χ0n) is 15.3. The first kappa shape index (κ1) is 18.9. The van der Waals surface area contributed by atoms with Gasteiger partial charge in [0.15, 0.2) is 18.2 Å². The predicted molar refractivity (Wildman–Crippen MR) is 105 cm³/mol. The van der Waals surface area contributed by atoms with Gasteiger partial charge < -0.3 is 4.74 Å². The molecule has 2 aromatic rings. The summed E-state index contributed by atoms with van der Waals surface area (Å²) >= 11 is 5.83. The lowest BCUT2D eigenvalue weighted by Crippen LogP contribution is -2.36. The van der Waals surface area contributed by atoms with Crippen molar-refractivity contribution in [3.63, 3.8) is 0 Å². The van der Waals surface area contributed by atoms with E-state index in [1.165, 1.54) is 0 Å². The molecule has 0 aromatic heterocycles. The normalized spacial score (nSPS) is 25.5. The zero-order chi connectivity index (χ0) is 19.7. The molecule has 0 amide bonds. The fraction of sp³-hybridized carbons (Fsp3) is 0.348. The Balaban J connectivity index is 1.45. The molecule has 0 N–H and O–H groups in total. The average molecular weight is 397 g/mol. The molecule has 0 aliphatic heterocycles. The summed E-state index contributed by atoms with van der Waals surface area (Å²) in [5.41, 5.74) is 1.08. The predicted octanol–water partition coefficient (Wildman–Crippen LogP) is 4.61. The molecular weight excluding hydrogens is 376 g/mol. The Labute approximate surface area is 168 Å². The Hall–Kier alpha value is -2.46. The van der Waals surface area contributed by atoms with Crippen LogP contribution in [0.1, 0.15) is 40.0 Å². The number of carbonyl (C=O) groups excluding carboxylic acids is 3. The van der Waals surface area contributed by atoms with Crippen LogP contribution in [0.5, 0.6) is 0 Å². The Bertz CT molecular complexity index is 891. The Morgan fingerprint density at radius 2 is 1.50 bits per heavy atom. The zero-order valence-corrected chi connectivity index (χ0v) is 16.1. The van der Waals surface area contributed by atoms with E-state index in [9.17, 15) is 14.4 Å². The monoisotopic (exact) mass is 396 g/mol. The van der Waals surface area contributed by atoms with E-state index in [2.05, 4.69) is 0 Å². The molecule has 144 valence electrons. The molecular formula is C23H21ClO4. The van der Waals surface area contributed by atoms with Gasteiger partial charge in [0.1, 0.15) is 0 Å². The quantitative estimate of drug-likeness (QED) is 0.528. The molecule has 2 aliphatic rings. The van der Waals surface area contributed by atoms with Crippen molar-refractivity contribution in [3.8, 4) is 0 Å². The van der Waals surface area contributed by atoms with Crippen molar-refractivity contribution in [2.75, 3.05) is 6.61 Å². The van der Waals surface area contributed by atoms with Crippen LogP contribution in [0.4, 0.5) is 0 Å². The topological polar surface area (TPSA) is 60.4 Å². The molecule has 5 heteroatoms. The number of ether oxygens (including phenoxy) is 1. The maximum absolute atomic E-state index is 13.1. The van der Waals surface area contributed by atoms with Gasteiger partial charge >= 0.3 is 5.97 Å². The Morgan fingerprint density at radius 1 is 0.857 bits per heavy atom. The molecule has 2 bridgehead atoms. The number of Topliss-reactive ketones (excluding diaryl/α,β-unsaturated/α-hetero) is 2. The highest BCUT2D eigenvalue weighted by atomic mass is 35.5. The minimum Gasteiger partial charge on any atom is -0.457 e. The second-order valence-electron chi connectivity index (χ2n) is 7.65. The van der Waals surface area contributed by atoms with Crippen molar-refractivity contribution in [1.82, 2.24) is 0 Å². The fourth-order valence-corrected chi connectivity index (χ4v) is 4.88. The van der Waals surface area contributed by atoms with Crippen molar-refractivity contribution < 1.29 is 19.1 Å². The van der Waals surface area contributed by atoms with Crippen molar-refractivity contribution in [3.05, 3.63) is 70.7 Å². The number of hydrogen-bond donors (Lipinski definition) is 0. The van der Waals surface area contributed by atoms with Crippen LogP contribution >= 0.6 is 11.6 Å². The van der Waals surface area contributed by atoms with E-state index >= 15 is 0 Å². The second-order valence-corrected chi connectivity index (χ2v) is 8.09. The smallest absolute Gasteiger partial charge is 0.310 e. The summed E-state index contributed by atoms with van der Waals surface area (Å²) in [6.45, 7) is -0.319. The van der Waals surface area contributed by atoms with Gasteiger partial charge in [-0.25, -0.2) is 0 Å². The van der Waals surface area contributed by atoms with Gasteiger partial charge in [0.2, 0.25) is 0 Å². The summed E-state index contributed by atoms with van der Waals surface area (Å²) in [5.74, 6) is -1.10. The highest BCUT2D eigenvalue weighted by Gasteiger charge is 2.54. The lowest BCUT2D eigenvalue weighted by molar-refractivity contribution is -0.150. The highest BCUT2D eigenvalue weighted by molar-refractivity contribution is 6.30. The summed E-state index contributed by atoms with van der Waals surface area (Å²) in [6, 6.07) is 15.6. The van der Waals surface area contributed by atoms with Crippen LogP contribution in [0.25, 0.3) is 0 Å². The maximum atomic E-state index is 13.1. The average Bonchev–Trinajstić information content (AvgIpc) is 3.34. The van der Waals surface area contributed by atoms with Crippen molar-refractivity contribution in [2.45, 2.75) is 19.3 Å². The summed E-state index contributed by atoms with van der Waals surface area (Å²) < 4.78 is 5.37. The number of ketones is 2. The Kier molecular flexibility index (Phi) is 5.31. The highest BCUT2D eigenvalue weighted by Crippen LogP contribution is 2.53. The van der Waals surface area contributed by atoms with Gasteiger partial charge in [0.25, 0.3) is 0 Å². The van der Waals surface area contributed by atoms with E-state index in [-0.39, 0.29) is 35.9 Å². The summed E-state index contributed by atoms with van der Waals surface area (Å²) in [5, 5.41) is 0.540. The lowest BCUT2D eigenvalue weighted by Gasteiger charge is -2.28. The molecule has 4 nitrogen and oxygen atoms in total. The molecule has 2 fully saturated rings. The van der Waals surface area contributed by atoms with Gasteiger partial charge in [-0.2, -0.15) is 0 Å². The molecule has 28 heavy (non-hydrogen) atoms. The number of rotatable bonds is 6. The van der Waals surface area contributed by atoms with Gasteiger partial charge in [-0.3, -0.25) is 14.4 Å². The molecule has 0 heterocycles. The summed E-state index contributed by atoms with van der Waals surface area (Å²) in [6.07, 6.45) is 2.80. The van der Waals surface area contributed by atoms with Gasteiger partial charge in [-0.05, 0) is 55.4 Å². The molecule has 2 saturated carbocycles. The Morgan fingerprint density at radius 3 is 2.18 bits per heavy atom. The van der Waals surface area contributed by atoms with E-state index in [0.717, 1.165) is 19.3 Å². The maximum Gasteiger partial charge on any atom is 0.310 e. The third kappa shape index (κ3) is 3.61. The molecule has 0 spiro atoms. The van der Waals surface area contributed by atoms with Crippen molar-refractivity contribution in [2.24, 2.45) is 23.7 Å². The lowest BCUT2D eigenvalue weighted by atomic mass is 9.75. The van der Waals surface area contributed by atoms with E-state index in [1.807, 2.05) is 18.2 Å². The number of esters is 1. The largest absolute Gasteiger partial charge is 0.457 e. The van der Waals surface area contributed by atoms with Crippen LogP contribution < -0.4 is 0 Å². The van der Waals surface area contributed by atoms with Crippen molar-refractivity contribution >= 4 is 29.1 Å². The first-order chi connectivity index (χ1) is 13.5. The number of benzene rings is 2. The molecule has 0 unspecified atom stereocenters. The minimum absolute atomic E-state index is 0.0128. The van der Waals surface area contributed by atoms with Crippen LogP contribution in [-0.2, 0) is 9.53 Å². The first-order valence-electron chi connectivity index (χ1n) is 9.59. The van der Waals surface area contributed by atoms with Crippen LogP contribution in [0, 0.1) is 23.7 Å². The molecule has 2 aliphatic carbocycles. The third-order valence-electron chi connectivity index (χ3n) is 6.06. The van der Waals surface area contributed by atoms with Crippen LogP contribution in [0.15, 0.2) is 54.6 Å². The molecule has 0 saturated heterocycles. The second kappa shape index (κ2) is 7.88. The van der Waals surface area contributed by atoms with Gasteiger partial charge in [0, 0.05) is 22.1 Å². The van der Waals surface area contributed by atoms with E-state index in [1.54, 1.807) is 36.4 Å². The summed E-state index contributed by atoms with van der Waals surface area (Å²) in [7, 11) is 0. The number of halogens is 1. The number of carbonyl (C=O) groups is 3. The molecule has 4 atom stereocenters. The van der Waals surface area contributed by atoms with E-state index in [0.29, 0.717) is 16.1 Å². The number of fused-ring (bicyclic) bond motifs is 2. The van der Waals surface area contributed by atoms with Crippen LogP contribution in [0.3, 0.4) is 0 Å². The van der Waals surface area contributed by atoms with Gasteiger partial charge in [0.05, 0.1) is 5.92 Å². The van der Waals surface area contributed by atoms with Gasteiger partial charge in [-0.15, -0.1) is 0 Å². The van der Waals surface area contributed by atoms with Gasteiger partial charge in [-0.1, -0.05) is 41.9 Å². The summed E-state index contributed by atoms with van der Waals surface area (Å²) in [4.78, 5) is 38.2. The number of hydrogen-bond acceptors (Lipinski definition) is 4. The minimum atomic E-state index is -0.454. The SMILES string of the molecule is O=C(COC(=O)[C@@H]1[C@H]2CC[C@@H](C2)[C@H]1C(=O)c1ccccc1)c1ccc(Cl)cc1. The third-order valence-corrected chi connectivity index (χ3v) is 6.31. The van der Waals surface area contributed by atoms with Crippen LogP contribution in [0.2, 0.25) is 5.02 Å². The van der Waals surface area contributed by atoms with E-state index < -0.39 is 11.9 Å².